The highest BCUT2D eigenvalue weighted by Crippen LogP contribution is 2.30. The zero-order valence-corrected chi connectivity index (χ0v) is 13.0. The SMILES string of the molecule is FC(F)(F)c1cc2nc(-c3ccc(Oc4cnccn4)cc3)[nH]c2cn1. The first-order chi connectivity index (χ1) is 12.5. The molecule has 26 heavy (non-hydrogen) atoms. The Labute approximate surface area is 144 Å². The number of fused-ring (bicyclic) bond motifs is 1. The predicted octanol–water partition coefficient (Wildman–Crippen LogP) is 4.23. The van der Waals surface area contributed by atoms with Crippen molar-refractivity contribution >= 4 is 11.0 Å². The Kier molecular flexibility index (Phi) is 3.76. The largest absolute Gasteiger partial charge is 0.438 e. The molecule has 0 aliphatic rings. The van der Waals surface area contributed by atoms with Gasteiger partial charge in [0.2, 0.25) is 5.88 Å². The lowest BCUT2D eigenvalue weighted by Crippen LogP contribution is -2.07. The van der Waals surface area contributed by atoms with Gasteiger partial charge in [0.05, 0.1) is 23.4 Å². The number of ether oxygens (including phenoxy) is 1. The smallest absolute Gasteiger partial charge is 0.433 e. The molecule has 0 fully saturated rings. The molecule has 4 rings (SSSR count). The minimum Gasteiger partial charge on any atom is -0.438 e. The monoisotopic (exact) mass is 357 g/mol. The van der Waals surface area contributed by atoms with Crippen molar-refractivity contribution in [2.75, 3.05) is 0 Å². The van der Waals surface area contributed by atoms with Crippen LogP contribution in [0.3, 0.4) is 0 Å². The van der Waals surface area contributed by atoms with Gasteiger partial charge in [-0.25, -0.2) is 15.0 Å². The Morgan fingerprint density at radius 1 is 0.962 bits per heavy atom. The number of imidazole rings is 1. The highest BCUT2D eigenvalue weighted by atomic mass is 19.4. The fourth-order valence-electron chi connectivity index (χ4n) is 2.34. The summed E-state index contributed by atoms with van der Waals surface area (Å²) in [6.07, 6.45) is 1.16. The number of aromatic nitrogens is 5. The topological polar surface area (TPSA) is 76.6 Å². The van der Waals surface area contributed by atoms with Crippen LogP contribution in [0.5, 0.6) is 11.6 Å². The van der Waals surface area contributed by atoms with Crippen LogP contribution in [-0.4, -0.2) is 24.9 Å². The first-order valence-electron chi connectivity index (χ1n) is 7.46. The summed E-state index contributed by atoms with van der Waals surface area (Å²) in [7, 11) is 0. The molecule has 0 saturated heterocycles. The molecular formula is C17H10F3N5O. The summed E-state index contributed by atoms with van der Waals surface area (Å²) in [6.45, 7) is 0. The molecule has 3 heterocycles. The van der Waals surface area contributed by atoms with E-state index < -0.39 is 11.9 Å². The van der Waals surface area contributed by atoms with Crippen LogP contribution in [0.1, 0.15) is 5.69 Å². The summed E-state index contributed by atoms with van der Waals surface area (Å²) < 4.78 is 43.8. The summed E-state index contributed by atoms with van der Waals surface area (Å²) in [6, 6.07) is 7.80. The Balaban J connectivity index is 1.61. The van der Waals surface area contributed by atoms with Crippen LogP contribution in [0.2, 0.25) is 0 Å². The van der Waals surface area contributed by atoms with E-state index in [1.165, 1.54) is 18.6 Å². The van der Waals surface area contributed by atoms with Crippen LogP contribution < -0.4 is 4.74 Å². The molecule has 6 nitrogen and oxygen atoms in total. The molecule has 0 saturated carbocycles. The molecule has 1 aromatic carbocycles. The average Bonchev–Trinajstić information content (AvgIpc) is 3.06. The number of pyridine rings is 1. The van der Waals surface area contributed by atoms with Crippen molar-refractivity contribution in [1.29, 1.82) is 0 Å². The van der Waals surface area contributed by atoms with Gasteiger partial charge in [-0.05, 0) is 30.3 Å². The summed E-state index contributed by atoms with van der Waals surface area (Å²) >= 11 is 0. The van der Waals surface area contributed by atoms with Crippen molar-refractivity contribution in [2.45, 2.75) is 6.18 Å². The quantitative estimate of drug-likeness (QED) is 0.594. The minimum atomic E-state index is -4.51. The standard InChI is InChI=1S/C17H10F3N5O/c18-17(19,20)14-7-12-13(8-23-14)25-16(24-12)10-1-3-11(4-2-10)26-15-9-21-5-6-22-15/h1-9H,(H,24,25). The average molecular weight is 357 g/mol. The number of H-pyrrole nitrogens is 1. The highest BCUT2D eigenvalue weighted by molar-refractivity contribution is 5.79. The molecule has 3 aromatic heterocycles. The van der Waals surface area contributed by atoms with E-state index in [4.69, 9.17) is 4.74 Å². The fourth-order valence-corrected chi connectivity index (χ4v) is 2.34. The Morgan fingerprint density at radius 2 is 1.77 bits per heavy atom. The molecule has 130 valence electrons. The molecule has 1 N–H and O–H groups in total. The van der Waals surface area contributed by atoms with E-state index in [9.17, 15) is 13.2 Å². The Hall–Kier alpha value is -3.49. The van der Waals surface area contributed by atoms with Crippen LogP contribution in [0.4, 0.5) is 13.2 Å². The van der Waals surface area contributed by atoms with Crippen molar-refractivity contribution in [3.8, 4) is 23.0 Å². The van der Waals surface area contributed by atoms with Crippen LogP contribution in [0.25, 0.3) is 22.4 Å². The molecule has 0 unspecified atom stereocenters. The third kappa shape index (κ3) is 3.18. The van der Waals surface area contributed by atoms with E-state index in [1.807, 2.05) is 0 Å². The number of benzene rings is 1. The molecule has 0 radical (unpaired) electrons. The number of halogens is 3. The molecule has 0 spiro atoms. The number of nitrogens with zero attached hydrogens (tertiary/aromatic N) is 4. The van der Waals surface area contributed by atoms with E-state index in [2.05, 4.69) is 24.9 Å². The van der Waals surface area contributed by atoms with Gasteiger partial charge >= 0.3 is 6.18 Å². The second-order valence-electron chi connectivity index (χ2n) is 5.34. The van der Waals surface area contributed by atoms with Crippen molar-refractivity contribution in [3.63, 3.8) is 0 Å². The van der Waals surface area contributed by atoms with Gasteiger partial charge in [0.15, 0.2) is 0 Å². The molecule has 0 aliphatic carbocycles. The van der Waals surface area contributed by atoms with E-state index in [0.717, 1.165) is 12.3 Å². The number of rotatable bonds is 3. The van der Waals surface area contributed by atoms with Crippen molar-refractivity contribution in [1.82, 2.24) is 24.9 Å². The minimum absolute atomic E-state index is 0.196. The number of hydrogen-bond acceptors (Lipinski definition) is 5. The molecule has 4 aromatic rings. The molecule has 0 bridgehead atoms. The van der Waals surface area contributed by atoms with Crippen molar-refractivity contribution in [3.05, 3.63) is 60.8 Å². The summed E-state index contributed by atoms with van der Waals surface area (Å²) in [5, 5.41) is 0. The van der Waals surface area contributed by atoms with Crippen LogP contribution in [0, 0.1) is 0 Å². The Morgan fingerprint density at radius 3 is 2.46 bits per heavy atom. The van der Waals surface area contributed by atoms with Crippen molar-refractivity contribution < 1.29 is 17.9 Å². The number of nitrogens with one attached hydrogen (secondary N) is 1. The lowest BCUT2D eigenvalue weighted by Gasteiger charge is -2.04. The fraction of sp³-hybridized carbons (Fsp3) is 0.0588. The second kappa shape index (κ2) is 6.10. The van der Waals surface area contributed by atoms with Gasteiger partial charge in [0.25, 0.3) is 0 Å². The Bertz CT molecular complexity index is 1050. The third-order valence-electron chi connectivity index (χ3n) is 3.55. The van der Waals surface area contributed by atoms with Gasteiger partial charge in [-0.15, -0.1) is 0 Å². The third-order valence-corrected chi connectivity index (χ3v) is 3.55. The number of alkyl halides is 3. The van der Waals surface area contributed by atoms with Crippen molar-refractivity contribution in [2.24, 2.45) is 0 Å². The van der Waals surface area contributed by atoms with E-state index in [1.54, 1.807) is 24.3 Å². The van der Waals surface area contributed by atoms with E-state index in [-0.39, 0.29) is 5.52 Å². The maximum atomic E-state index is 12.7. The van der Waals surface area contributed by atoms with Gasteiger partial charge < -0.3 is 9.72 Å². The van der Waals surface area contributed by atoms with E-state index >= 15 is 0 Å². The van der Waals surface area contributed by atoms with Gasteiger partial charge in [-0.3, -0.25) is 4.98 Å². The first kappa shape index (κ1) is 16.0. The maximum Gasteiger partial charge on any atom is 0.433 e. The molecule has 9 heteroatoms. The molecule has 0 aliphatic heterocycles. The lowest BCUT2D eigenvalue weighted by molar-refractivity contribution is -0.141. The van der Waals surface area contributed by atoms with Gasteiger partial charge in [0, 0.05) is 18.0 Å². The van der Waals surface area contributed by atoms with Gasteiger partial charge in [-0.1, -0.05) is 0 Å². The number of aromatic amines is 1. The molecule has 0 amide bonds. The van der Waals surface area contributed by atoms with Crippen LogP contribution in [0.15, 0.2) is 55.1 Å². The maximum absolute atomic E-state index is 12.7. The number of hydrogen-bond donors (Lipinski definition) is 1. The summed E-state index contributed by atoms with van der Waals surface area (Å²) in [4.78, 5) is 18.5. The molecular weight excluding hydrogens is 347 g/mol. The zero-order chi connectivity index (χ0) is 18.1. The highest BCUT2D eigenvalue weighted by Gasteiger charge is 2.32. The summed E-state index contributed by atoms with van der Waals surface area (Å²) in [5.41, 5.74) is 0.340. The first-order valence-corrected chi connectivity index (χ1v) is 7.46. The van der Waals surface area contributed by atoms with Gasteiger partial charge in [-0.2, -0.15) is 13.2 Å². The molecule has 0 atom stereocenters. The van der Waals surface area contributed by atoms with Crippen LogP contribution in [-0.2, 0) is 6.18 Å². The lowest BCUT2D eigenvalue weighted by atomic mass is 10.2. The van der Waals surface area contributed by atoms with Crippen LogP contribution >= 0.6 is 0 Å². The predicted molar refractivity (Wildman–Crippen MR) is 86.4 cm³/mol. The van der Waals surface area contributed by atoms with E-state index in [0.29, 0.717) is 28.5 Å². The second-order valence-corrected chi connectivity index (χ2v) is 5.34. The zero-order valence-electron chi connectivity index (χ0n) is 13.0. The summed E-state index contributed by atoms with van der Waals surface area (Å²) in [5.74, 6) is 1.34. The normalized spacial score (nSPS) is 11.7. The van der Waals surface area contributed by atoms with Gasteiger partial charge in [0.1, 0.15) is 17.3 Å².